The molecule has 12 heteroatoms. The lowest BCUT2D eigenvalue weighted by atomic mass is 9.92. The molecule has 0 spiro atoms. The highest BCUT2D eigenvalue weighted by Crippen LogP contribution is 2.21. The first kappa shape index (κ1) is 31.5. The van der Waals surface area contributed by atoms with E-state index in [1.807, 2.05) is 34.6 Å². The van der Waals surface area contributed by atoms with Gasteiger partial charge in [0.1, 0.15) is 0 Å². The van der Waals surface area contributed by atoms with Crippen molar-refractivity contribution in [1.29, 1.82) is 0 Å². The van der Waals surface area contributed by atoms with Crippen LogP contribution < -0.4 is 0 Å². The van der Waals surface area contributed by atoms with Crippen molar-refractivity contribution in [3.8, 4) is 0 Å². The SMILES string of the molecule is CCC(C)(C)CON1C(=O)C=CC1=O.CCC(C)CON1C(=O)C=CC1=O.CCON1C(=O)C=CC1=O. The lowest BCUT2D eigenvalue weighted by Gasteiger charge is -2.24. The van der Waals surface area contributed by atoms with Crippen molar-refractivity contribution in [2.75, 3.05) is 19.8 Å². The topological polar surface area (TPSA) is 140 Å². The fraction of sp³-hybridized carbons (Fsp3) is 0.520. The first-order chi connectivity index (χ1) is 17.4. The van der Waals surface area contributed by atoms with Gasteiger partial charge in [-0.3, -0.25) is 43.3 Å². The van der Waals surface area contributed by atoms with Gasteiger partial charge in [0.05, 0.1) is 19.8 Å². The molecule has 3 aliphatic heterocycles. The zero-order valence-electron chi connectivity index (χ0n) is 22.1. The Morgan fingerprint density at radius 3 is 1.32 bits per heavy atom. The van der Waals surface area contributed by atoms with E-state index >= 15 is 0 Å². The molecule has 0 N–H and O–H groups in total. The number of nitrogens with zero attached hydrogens (tertiary/aromatic N) is 3. The zero-order valence-corrected chi connectivity index (χ0v) is 22.1. The molecule has 3 rings (SSSR count). The third-order valence-electron chi connectivity index (χ3n) is 5.29. The number of amides is 6. The summed E-state index contributed by atoms with van der Waals surface area (Å²) >= 11 is 0. The molecule has 0 radical (unpaired) electrons. The molecule has 12 nitrogen and oxygen atoms in total. The van der Waals surface area contributed by atoms with Crippen LogP contribution in [-0.4, -0.2) is 70.5 Å². The van der Waals surface area contributed by atoms with Crippen molar-refractivity contribution in [1.82, 2.24) is 15.2 Å². The van der Waals surface area contributed by atoms with Crippen molar-refractivity contribution >= 4 is 35.4 Å². The second-order valence-electron chi connectivity index (χ2n) is 8.93. The van der Waals surface area contributed by atoms with Crippen LogP contribution in [0.5, 0.6) is 0 Å². The van der Waals surface area contributed by atoms with E-state index in [0.29, 0.717) is 25.7 Å². The monoisotopic (exact) mass is 521 g/mol. The van der Waals surface area contributed by atoms with Crippen molar-refractivity contribution in [2.24, 2.45) is 11.3 Å². The molecule has 1 unspecified atom stereocenters. The van der Waals surface area contributed by atoms with Crippen molar-refractivity contribution in [2.45, 2.75) is 54.4 Å². The Bertz CT molecular complexity index is 914. The molecule has 0 aromatic heterocycles. The highest BCUT2D eigenvalue weighted by atomic mass is 16.7. The summed E-state index contributed by atoms with van der Waals surface area (Å²) in [5.41, 5.74) is -0.0247. The number of rotatable bonds is 10. The van der Waals surface area contributed by atoms with Crippen LogP contribution in [0.1, 0.15) is 54.4 Å². The molecule has 0 saturated heterocycles. The number of hydrogen-bond donors (Lipinski definition) is 0. The van der Waals surface area contributed by atoms with Gasteiger partial charge >= 0.3 is 0 Å². The average molecular weight is 522 g/mol. The van der Waals surface area contributed by atoms with Gasteiger partial charge in [-0.25, -0.2) is 0 Å². The highest BCUT2D eigenvalue weighted by Gasteiger charge is 2.27. The van der Waals surface area contributed by atoms with Crippen LogP contribution >= 0.6 is 0 Å². The lowest BCUT2D eigenvalue weighted by Crippen LogP contribution is -2.34. The molecule has 0 bridgehead atoms. The standard InChI is InChI=1S/C10H15NO3.C9H13NO3.C6H7NO3/c1-4-10(2,3)7-14-11-8(12)5-6-9(11)13;1-3-7(2)6-13-10-8(11)4-5-9(10)12;1-2-10-7-5(8)3-4-6(7)9/h5-6H,4,7H2,1-3H3;4-5,7H,3,6H2,1-2H3;3-4H,2H2,1H3. The molecule has 0 aromatic rings. The predicted molar refractivity (Wildman–Crippen MR) is 130 cm³/mol. The summed E-state index contributed by atoms with van der Waals surface area (Å²) in [4.78, 5) is 80.4. The third-order valence-corrected chi connectivity index (χ3v) is 5.29. The van der Waals surface area contributed by atoms with Crippen LogP contribution in [0.15, 0.2) is 36.5 Å². The van der Waals surface area contributed by atoms with Crippen molar-refractivity contribution in [3.05, 3.63) is 36.5 Å². The maximum absolute atomic E-state index is 11.1. The summed E-state index contributed by atoms with van der Waals surface area (Å²) in [7, 11) is 0. The Labute approximate surface area is 216 Å². The van der Waals surface area contributed by atoms with Gasteiger partial charge < -0.3 is 0 Å². The van der Waals surface area contributed by atoms with Gasteiger partial charge in [-0.15, -0.1) is 15.2 Å². The van der Waals surface area contributed by atoms with Gasteiger partial charge in [-0.2, -0.15) is 0 Å². The largest absolute Gasteiger partial charge is 0.277 e. The smallest absolute Gasteiger partial charge is 0.267 e. The molecule has 0 aromatic carbocycles. The minimum Gasteiger partial charge on any atom is -0.267 e. The Morgan fingerprint density at radius 1 is 0.649 bits per heavy atom. The molecular weight excluding hydrogens is 486 g/mol. The molecule has 3 heterocycles. The van der Waals surface area contributed by atoms with Gasteiger partial charge in [0.25, 0.3) is 35.4 Å². The fourth-order valence-electron chi connectivity index (χ4n) is 2.33. The summed E-state index contributed by atoms with van der Waals surface area (Å²) in [6.45, 7) is 12.9. The predicted octanol–water partition coefficient (Wildman–Crippen LogP) is 2.03. The maximum atomic E-state index is 11.1. The molecule has 0 saturated carbocycles. The molecule has 3 aliphatic rings. The van der Waals surface area contributed by atoms with Crippen molar-refractivity contribution < 1.29 is 43.3 Å². The number of carbonyl (C=O) groups excluding carboxylic acids is 6. The average Bonchev–Trinajstić information content (AvgIpc) is 3.48. The Kier molecular flexibility index (Phi) is 12.7. The number of imide groups is 3. The normalized spacial score (nSPS) is 17.5. The second kappa shape index (κ2) is 14.9. The first-order valence-corrected chi connectivity index (χ1v) is 11.9. The third kappa shape index (κ3) is 10.2. The quantitative estimate of drug-likeness (QED) is 0.395. The van der Waals surface area contributed by atoms with E-state index in [0.717, 1.165) is 28.0 Å². The van der Waals surface area contributed by atoms with Crippen LogP contribution in [-0.2, 0) is 43.3 Å². The zero-order chi connectivity index (χ0) is 28.2. The molecule has 6 amide bonds. The van der Waals surface area contributed by atoms with Gasteiger partial charge in [0, 0.05) is 36.5 Å². The molecule has 204 valence electrons. The van der Waals surface area contributed by atoms with Crippen LogP contribution in [0.2, 0.25) is 0 Å². The minimum absolute atomic E-state index is 0.0247. The number of hydrogen-bond acceptors (Lipinski definition) is 9. The summed E-state index contributed by atoms with van der Waals surface area (Å²) in [5.74, 6) is -2.06. The van der Waals surface area contributed by atoms with Gasteiger partial charge in [0.2, 0.25) is 0 Å². The van der Waals surface area contributed by atoms with E-state index in [2.05, 4.69) is 0 Å². The molecule has 1 atom stereocenters. The fourth-order valence-corrected chi connectivity index (χ4v) is 2.33. The van der Waals surface area contributed by atoms with Crippen molar-refractivity contribution in [3.63, 3.8) is 0 Å². The molecule has 0 fully saturated rings. The van der Waals surface area contributed by atoms with Crippen LogP contribution in [0.4, 0.5) is 0 Å². The summed E-state index contributed by atoms with van der Waals surface area (Å²) in [6, 6.07) is 0. The van der Waals surface area contributed by atoms with E-state index in [-0.39, 0.29) is 5.41 Å². The van der Waals surface area contributed by atoms with E-state index in [1.54, 1.807) is 6.92 Å². The first-order valence-electron chi connectivity index (χ1n) is 11.9. The Morgan fingerprint density at radius 2 is 1.00 bits per heavy atom. The van der Waals surface area contributed by atoms with Gasteiger partial charge in [-0.05, 0) is 24.7 Å². The Balaban J connectivity index is 0.000000281. The Hall–Kier alpha value is -3.48. The maximum Gasteiger partial charge on any atom is 0.277 e. The van der Waals surface area contributed by atoms with E-state index in [1.165, 1.54) is 36.5 Å². The molecular formula is C25H35N3O9. The summed E-state index contributed by atoms with van der Waals surface area (Å²) in [5, 5.41) is 2.34. The summed E-state index contributed by atoms with van der Waals surface area (Å²) < 4.78 is 0. The van der Waals surface area contributed by atoms with Crippen LogP contribution in [0, 0.1) is 11.3 Å². The molecule has 37 heavy (non-hydrogen) atoms. The van der Waals surface area contributed by atoms with Gasteiger partial charge in [-0.1, -0.05) is 41.0 Å². The molecule has 0 aliphatic carbocycles. The lowest BCUT2D eigenvalue weighted by molar-refractivity contribution is -0.193. The summed E-state index contributed by atoms with van der Waals surface area (Å²) in [6.07, 6.45) is 9.08. The van der Waals surface area contributed by atoms with Crippen LogP contribution in [0.25, 0.3) is 0 Å². The van der Waals surface area contributed by atoms with E-state index < -0.39 is 35.4 Å². The number of hydroxylamine groups is 6. The highest BCUT2D eigenvalue weighted by molar-refractivity contribution is 6.12. The second-order valence-corrected chi connectivity index (χ2v) is 8.93. The van der Waals surface area contributed by atoms with Gasteiger partial charge in [0.15, 0.2) is 0 Å². The van der Waals surface area contributed by atoms with E-state index in [4.69, 9.17) is 14.5 Å². The number of carbonyl (C=O) groups is 6. The van der Waals surface area contributed by atoms with Crippen LogP contribution in [0.3, 0.4) is 0 Å². The van der Waals surface area contributed by atoms with E-state index in [9.17, 15) is 28.8 Å². The minimum atomic E-state index is -0.410.